The Balaban J connectivity index is 2.45. The molecule has 0 spiro atoms. The monoisotopic (exact) mass is 337 g/mol. The predicted octanol–water partition coefficient (Wildman–Crippen LogP) is 2.78. The SMILES string of the molecule is CCOC(=O)c1csc2ncnc(NC(C(=O)O)C(C)CC)c12. The second-order valence-electron chi connectivity index (χ2n) is 5.12. The highest BCUT2D eigenvalue weighted by Crippen LogP contribution is 2.30. The lowest BCUT2D eigenvalue weighted by molar-refractivity contribution is -0.139. The second-order valence-corrected chi connectivity index (χ2v) is 5.98. The van der Waals surface area contributed by atoms with Crippen LogP contribution in [0.2, 0.25) is 0 Å². The number of thiophene rings is 1. The van der Waals surface area contributed by atoms with Gasteiger partial charge < -0.3 is 15.2 Å². The largest absolute Gasteiger partial charge is 0.480 e. The van der Waals surface area contributed by atoms with Crippen molar-refractivity contribution in [1.29, 1.82) is 0 Å². The summed E-state index contributed by atoms with van der Waals surface area (Å²) in [6.07, 6.45) is 2.05. The van der Waals surface area contributed by atoms with Crippen molar-refractivity contribution in [2.24, 2.45) is 5.92 Å². The second kappa shape index (κ2) is 7.36. The zero-order valence-corrected chi connectivity index (χ0v) is 14.0. The molecule has 23 heavy (non-hydrogen) atoms. The number of aliphatic carboxylic acids is 1. The Morgan fingerprint density at radius 3 is 2.74 bits per heavy atom. The van der Waals surface area contributed by atoms with E-state index in [1.807, 2.05) is 13.8 Å². The van der Waals surface area contributed by atoms with Crippen molar-refractivity contribution in [2.75, 3.05) is 11.9 Å². The highest BCUT2D eigenvalue weighted by Gasteiger charge is 2.26. The Kier molecular flexibility index (Phi) is 5.49. The van der Waals surface area contributed by atoms with Gasteiger partial charge in [0.15, 0.2) is 0 Å². The van der Waals surface area contributed by atoms with E-state index >= 15 is 0 Å². The van der Waals surface area contributed by atoms with Gasteiger partial charge in [-0.15, -0.1) is 11.3 Å². The van der Waals surface area contributed by atoms with Gasteiger partial charge in [0.1, 0.15) is 23.0 Å². The number of carboxylic acid groups (broad SMARTS) is 1. The van der Waals surface area contributed by atoms with Crippen molar-refractivity contribution in [3.63, 3.8) is 0 Å². The molecule has 2 unspecified atom stereocenters. The lowest BCUT2D eigenvalue weighted by atomic mass is 9.99. The molecule has 0 bridgehead atoms. The van der Waals surface area contributed by atoms with Crippen LogP contribution in [0.1, 0.15) is 37.6 Å². The average Bonchev–Trinajstić information content (AvgIpc) is 2.96. The third kappa shape index (κ3) is 3.58. The molecular formula is C15H19N3O4S. The summed E-state index contributed by atoms with van der Waals surface area (Å²) >= 11 is 1.29. The molecule has 2 atom stereocenters. The highest BCUT2D eigenvalue weighted by atomic mass is 32.1. The van der Waals surface area contributed by atoms with E-state index in [1.165, 1.54) is 17.7 Å². The molecule has 2 rings (SSSR count). The number of carbonyl (C=O) groups excluding carboxylic acids is 1. The quantitative estimate of drug-likeness (QED) is 0.749. The molecule has 0 fully saturated rings. The van der Waals surface area contributed by atoms with E-state index in [-0.39, 0.29) is 12.5 Å². The van der Waals surface area contributed by atoms with E-state index < -0.39 is 18.0 Å². The number of carboxylic acids is 1. The first-order valence-electron chi connectivity index (χ1n) is 7.38. The molecule has 0 aliphatic heterocycles. The highest BCUT2D eigenvalue weighted by molar-refractivity contribution is 7.17. The summed E-state index contributed by atoms with van der Waals surface area (Å²) in [5, 5.41) is 14.5. The lowest BCUT2D eigenvalue weighted by Crippen LogP contribution is -2.35. The summed E-state index contributed by atoms with van der Waals surface area (Å²) in [6, 6.07) is -0.798. The zero-order valence-electron chi connectivity index (χ0n) is 13.2. The van der Waals surface area contributed by atoms with Crippen LogP contribution in [-0.2, 0) is 9.53 Å². The summed E-state index contributed by atoms with van der Waals surface area (Å²) in [6.45, 7) is 5.76. The summed E-state index contributed by atoms with van der Waals surface area (Å²) < 4.78 is 5.04. The molecule has 124 valence electrons. The Morgan fingerprint density at radius 1 is 1.39 bits per heavy atom. The third-order valence-electron chi connectivity index (χ3n) is 3.64. The van der Waals surface area contributed by atoms with Gasteiger partial charge in [0.2, 0.25) is 0 Å². The van der Waals surface area contributed by atoms with Gasteiger partial charge in [-0.2, -0.15) is 0 Å². The van der Waals surface area contributed by atoms with Crippen molar-refractivity contribution < 1.29 is 19.4 Å². The summed E-state index contributed by atoms with van der Waals surface area (Å²) in [4.78, 5) is 32.5. The molecule has 2 heterocycles. The maximum absolute atomic E-state index is 12.1. The van der Waals surface area contributed by atoms with Gasteiger partial charge in [0, 0.05) is 5.38 Å². The topological polar surface area (TPSA) is 101 Å². The Hall–Kier alpha value is -2.22. The predicted molar refractivity (Wildman–Crippen MR) is 87.9 cm³/mol. The summed E-state index contributed by atoms with van der Waals surface area (Å²) in [7, 11) is 0. The standard InChI is InChI=1S/C15H19N3O4S/c1-4-8(3)11(14(19)20)18-12-10-9(15(21)22-5-2)6-23-13(10)17-7-16-12/h6-8,11H,4-5H2,1-3H3,(H,19,20)(H,16,17,18). The first kappa shape index (κ1) is 17.1. The van der Waals surface area contributed by atoms with Crippen molar-refractivity contribution in [3.05, 3.63) is 17.3 Å². The number of hydrogen-bond donors (Lipinski definition) is 2. The fourth-order valence-electron chi connectivity index (χ4n) is 2.17. The van der Waals surface area contributed by atoms with Crippen LogP contribution in [0.4, 0.5) is 5.82 Å². The number of rotatable bonds is 7. The van der Waals surface area contributed by atoms with Gasteiger partial charge in [-0.05, 0) is 12.8 Å². The molecule has 8 heteroatoms. The fourth-order valence-corrected chi connectivity index (χ4v) is 3.05. The minimum Gasteiger partial charge on any atom is -0.480 e. The van der Waals surface area contributed by atoms with Gasteiger partial charge in [-0.1, -0.05) is 20.3 Å². The van der Waals surface area contributed by atoms with Crippen molar-refractivity contribution in [1.82, 2.24) is 9.97 Å². The summed E-state index contributed by atoms with van der Waals surface area (Å²) in [5.41, 5.74) is 0.350. The Labute approximate surface area is 137 Å². The number of ether oxygens (including phenoxy) is 1. The van der Waals surface area contributed by atoms with Crippen molar-refractivity contribution in [3.8, 4) is 0 Å². The minimum absolute atomic E-state index is 0.0952. The van der Waals surface area contributed by atoms with Gasteiger partial charge in [-0.25, -0.2) is 19.6 Å². The molecule has 7 nitrogen and oxygen atoms in total. The number of fused-ring (bicyclic) bond motifs is 1. The summed E-state index contributed by atoms with van der Waals surface area (Å²) in [5.74, 6) is -1.18. The maximum Gasteiger partial charge on any atom is 0.339 e. The van der Waals surface area contributed by atoms with E-state index in [9.17, 15) is 14.7 Å². The molecule has 0 aromatic carbocycles. The van der Waals surface area contributed by atoms with Crippen LogP contribution in [0.15, 0.2) is 11.7 Å². The first-order valence-corrected chi connectivity index (χ1v) is 8.26. The number of carbonyl (C=O) groups is 2. The molecule has 2 aromatic heterocycles. The van der Waals surface area contributed by atoms with Crippen LogP contribution in [0.25, 0.3) is 10.2 Å². The number of nitrogens with one attached hydrogen (secondary N) is 1. The van der Waals surface area contributed by atoms with Crippen LogP contribution < -0.4 is 5.32 Å². The number of nitrogens with zero attached hydrogens (tertiary/aromatic N) is 2. The van der Waals surface area contributed by atoms with E-state index in [0.29, 0.717) is 28.0 Å². The third-order valence-corrected chi connectivity index (χ3v) is 4.52. The normalized spacial score (nSPS) is 13.5. The van der Waals surface area contributed by atoms with Crippen LogP contribution in [0.5, 0.6) is 0 Å². The minimum atomic E-state index is -0.959. The number of aromatic nitrogens is 2. The Morgan fingerprint density at radius 2 is 2.13 bits per heavy atom. The van der Waals surface area contributed by atoms with E-state index in [4.69, 9.17) is 4.74 Å². The van der Waals surface area contributed by atoms with Crippen LogP contribution >= 0.6 is 11.3 Å². The molecule has 0 saturated carbocycles. The smallest absolute Gasteiger partial charge is 0.339 e. The molecule has 2 N–H and O–H groups in total. The molecule has 2 aromatic rings. The maximum atomic E-state index is 12.1. The Bertz CT molecular complexity index is 716. The van der Waals surface area contributed by atoms with Crippen LogP contribution in [0.3, 0.4) is 0 Å². The molecule has 0 aliphatic carbocycles. The van der Waals surface area contributed by atoms with E-state index in [2.05, 4.69) is 15.3 Å². The fraction of sp³-hybridized carbons (Fsp3) is 0.467. The molecular weight excluding hydrogens is 318 g/mol. The van der Waals surface area contributed by atoms with Crippen LogP contribution in [0, 0.1) is 5.92 Å². The first-order chi connectivity index (χ1) is 11.0. The van der Waals surface area contributed by atoms with Gasteiger partial charge in [0.05, 0.1) is 17.6 Å². The molecule has 0 aliphatic rings. The van der Waals surface area contributed by atoms with Gasteiger partial charge in [-0.3, -0.25) is 0 Å². The van der Waals surface area contributed by atoms with Gasteiger partial charge in [0.25, 0.3) is 0 Å². The average molecular weight is 337 g/mol. The lowest BCUT2D eigenvalue weighted by Gasteiger charge is -2.21. The number of hydrogen-bond acceptors (Lipinski definition) is 7. The van der Waals surface area contributed by atoms with E-state index in [1.54, 1.807) is 12.3 Å². The zero-order chi connectivity index (χ0) is 17.0. The van der Waals surface area contributed by atoms with Gasteiger partial charge >= 0.3 is 11.9 Å². The van der Waals surface area contributed by atoms with E-state index in [0.717, 1.165) is 0 Å². The van der Waals surface area contributed by atoms with Crippen LogP contribution in [-0.4, -0.2) is 39.7 Å². The molecule has 0 amide bonds. The number of anilines is 1. The molecule has 0 saturated heterocycles. The molecule has 0 radical (unpaired) electrons. The van der Waals surface area contributed by atoms with Crippen molar-refractivity contribution in [2.45, 2.75) is 33.2 Å². The van der Waals surface area contributed by atoms with Crippen molar-refractivity contribution >= 4 is 39.3 Å². The number of esters is 1.